The molecule has 2 fully saturated rings. The quantitative estimate of drug-likeness (QED) is 0.891. The van der Waals surface area contributed by atoms with Crippen molar-refractivity contribution >= 4 is 17.3 Å². The van der Waals surface area contributed by atoms with E-state index >= 15 is 0 Å². The summed E-state index contributed by atoms with van der Waals surface area (Å²) in [5.74, 6) is 0.602. The lowest BCUT2D eigenvalue weighted by molar-refractivity contribution is -0.177. The minimum Gasteiger partial charge on any atom is -0.379 e. The van der Waals surface area contributed by atoms with Crippen molar-refractivity contribution in [1.82, 2.24) is 4.98 Å². The second kappa shape index (κ2) is 4.39. The van der Waals surface area contributed by atoms with Gasteiger partial charge in [0.1, 0.15) is 0 Å². The zero-order valence-corrected chi connectivity index (χ0v) is 11.6. The number of hydrogen-bond acceptors (Lipinski definition) is 3. The van der Waals surface area contributed by atoms with Gasteiger partial charge in [-0.2, -0.15) is 0 Å². The molecule has 3 rings (SSSR count). The van der Waals surface area contributed by atoms with Gasteiger partial charge in [0.25, 0.3) is 0 Å². The van der Waals surface area contributed by atoms with Crippen LogP contribution in [0.2, 0.25) is 5.02 Å². The second-order valence-electron chi connectivity index (χ2n) is 5.90. The molecule has 0 spiro atoms. The third-order valence-electron chi connectivity index (χ3n) is 4.41. The predicted octanol–water partition coefficient (Wildman–Crippen LogP) is 3.35. The normalized spacial score (nSPS) is 33.4. The van der Waals surface area contributed by atoms with Crippen LogP contribution in [0, 0.1) is 11.3 Å². The van der Waals surface area contributed by atoms with Crippen LogP contribution < -0.4 is 5.32 Å². The summed E-state index contributed by atoms with van der Waals surface area (Å²) in [5.41, 5.74) is 1.09. The molecule has 1 N–H and O–H groups in total. The van der Waals surface area contributed by atoms with Gasteiger partial charge in [0.05, 0.1) is 23.0 Å². The van der Waals surface area contributed by atoms with E-state index in [-0.39, 0.29) is 5.41 Å². The van der Waals surface area contributed by atoms with Gasteiger partial charge in [0.15, 0.2) is 0 Å². The molecule has 2 aliphatic rings. The fourth-order valence-corrected chi connectivity index (χ4v) is 3.63. The zero-order valence-electron chi connectivity index (χ0n) is 10.8. The molecule has 0 radical (unpaired) electrons. The molecule has 3 atom stereocenters. The Morgan fingerprint density at radius 2 is 2.33 bits per heavy atom. The highest BCUT2D eigenvalue weighted by Crippen LogP contribution is 2.52. The van der Waals surface area contributed by atoms with Crippen molar-refractivity contribution in [1.29, 1.82) is 0 Å². The van der Waals surface area contributed by atoms with Gasteiger partial charge >= 0.3 is 0 Å². The van der Waals surface area contributed by atoms with Crippen molar-refractivity contribution in [3.05, 3.63) is 23.5 Å². The van der Waals surface area contributed by atoms with E-state index < -0.39 is 0 Å². The summed E-state index contributed by atoms with van der Waals surface area (Å²) < 4.78 is 5.90. The van der Waals surface area contributed by atoms with E-state index in [0.29, 0.717) is 18.1 Å². The Kier molecular flexibility index (Phi) is 2.99. The number of rotatable bonds is 2. The summed E-state index contributed by atoms with van der Waals surface area (Å²) in [7, 11) is 0. The van der Waals surface area contributed by atoms with E-state index in [0.717, 1.165) is 23.7 Å². The molecule has 0 aromatic carbocycles. The topological polar surface area (TPSA) is 34.2 Å². The molecule has 0 amide bonds. The first-order chi connectivity index (χ1) is 8.60. The summed E-state index contributed by atoms with van der Waals surface area (Å²) in [4.78, 5) is 4.13. The largest absolute Gasteiger partial charge is 0.379 e. The molecule has 1 saturated heterocycles. The van der Waals surface area contributed by atoms with Gasteiger partial charge in [-0.25, -0.2) is 0 Å². The van der Waals surface area contributed by atoms with E-state index in [1.165, 1.54) is 6.42 Å². The number of hydrogen-bond donors (Lipinski definition) is 1. The number of ether oxygens (including phenoxy) is 1. The highest BCUT2D eigenvalue weighted by molar-refractivity contribution is 6.33. The molecule has 18 heavy (non-hydrogen) atoms. The first-order valence-electron chi connectivity index (χ1n) is 6.58. The maximum Gasteiger partial charge on any atom is 0.0718 e. The second-order valence-corrected chi connectivity index (χ2v) is 6.30. The van der Waals surface area contributed by atoms with Crippen LogP contribution in [0.25, 0.3) is 0 Å². The third-order valence-corrected chi connectivity index (χ3v) is 4.74. The zero-order chi connectivity index (χ0) is 12.8. The molecule has 3 nitrogen and oxygen atoms in total. The van der Waals surface area contributed by atoms with E-state index in [1.807, 2.05) is 6.07 Å². The van der Waals surface area contributed by atoms with Gasteiger partial charge in [-0.1, -0.05) is 25.4 Å². The number of fused-ring (bicyclic) bond motifs is 1. The van der Waals surface area contributed by atoms with Crippen molar-refractivity contribution in [3.8, 4) is 0 Å². The van der Waals surface area contributed by atoms with Crippen LogP contribution in [0.1, 0.15) is 26.7 Å². The fourth-order valence-electron chi connectivity index (χ4n) is 3.47. The third kappa shape index (κ3) is 1.81. The first-order valence-corrected chi connectivity index (χ1v) is 6.96. The number of pyridine rings is 1. The van der Waals surface area contributed by atoms with Crippen molar-refractivity contribution < 1.29 is 4.74 Å². The Hall–Kier alpha value is -0.800. The van der Waals surface area contributed by atoms with Gasteiger partial charge in [-0.15, -0.1) is 0 Å². The molecule has 1 aliphatic carbocycles. The maximum absolute atomic E-state index is 6.18. The molecule has 1 saturated carbocycles. The molecular weight excluding hydrogens is 248 g/mol. The van der Waals surface area contributed by atoms with E-state index in [2.05, 4.69) is 24.1 Å². The van der Waals surface area contributed by atoms with Crippen LogP contribution in [0.15, 0.2) is 18.5 Å². The van der Waals surface area contributed by atoms with Crippen LogP contribution in [-0.2, 0) is 4.74 Å². The average molecular weight is 267 g/mol. The van der Waals surface area contributed by atoms with Crippen molar-refractivity contribution in [2.24, 2.45) is 11.3 Å². The number of anilines is 1. The summed E-state index contributed by atoms with van der Waals surface area (Å²) in [5, 5.41) is 4.30. The summed E-state index contributed by atoms with van der Waals surface area (Å²) in [6.45, 7) is 5.44. The lowest BCUT2D eigenvalue weighted by Crippen LogP contribution is -2.67. The highest BCUT2D eigenvalue weighted by Gasteiger charge is 2.57. The molecular formula is C14H19ClN2O. The minimum atomic E-state index is 0.157. The summed E-state index contributed by atoms with van der Waals surface area (Å²) >= 11 is 6.18. The minimum absolute atomic E-state index is 0.157. The summed E-state index contributed by atoms with van der Waals surface area (Å²) in [6, 6.07) is 2.24. The molecule has 1 aromatic heterocycles. The van der Waals surface area contributed by atoms with Crippen LogP contribution >= 0.6 is 11.6 Å². The van der Waals surface area contributed by atoms with E-state index in [4.69, 9.17) is 16.3 Å². The van der Waals surface area contributed by atoms with Gasteiger partial charge in [0.2, 0.25) is 0 Å². The Balaban J connectivity index is 1.78. The van der Waals surface area contributed by atoms with Crippen LogP contribution in [0.4, 0.5) is 5.69 Å². The van der Waals surface area contributed by atoms with Crippen LogP contribution in [-0.4, -0.2) is 23.7 Å². The Morgan fingerprint density at radius 1 is 1.50 bits per heavy atom. The Morgan fingerprint density at radius 3 is 3.11 bits per heavy atom. The highest BCUT2D eigenvalue weighted by atomic mass is 35.5. The van der Waals surface area contributed by atoms with Crippen molar-refractivity contribution in [3.63, 3.8) is 0 Å². The molecule has 98 valence electrons. The monoisotopic (exact) mass is 266 g/mol. The molecule has 2 heterocycles. The first kappa shape index (κ1) is 12.2. The number of nitrogens with one attached hydrogen (secondary N) is 1. The lowest BCUT2D eigenvalue weighted by Gasteiger charge is -2.60. The predicted molar refractivity (Wildman–Crippen MR) is 72.9 cm³/mol. The van der Waals surface area contributed by atoms with Crippen LogP contribution in [0.3, 0.4) is 0 Å². The average Bonchev–Trinajstić information content (AvgIpc) is 2.38. The number of nitrogens with zero attached hydrogens (tertiary/aromatic N) is 1. The molecule has 4 heteroatoms. The van der Waals surface area contributed by atoms with Crippen molar-refractivity contribution in [2.45, 2.75) is 38.8 Å². The van der Waals surface area contributed by atoms with Crippen molar-refractivity contribution in [2.75, 3.05) is 11.9 Å². The Bertz CT molecular complexity index is 449. The van der Waals surface area contributed by atoms with E-state index in [1.54, 1.807) is 12.4 Å². The molecule has 3 unspecified atom stereocenters. The molecule has 1 aromatic rings. The smallest absolute Gasteiger partial charge is 0.0718 e. The SMILES string of the molecule is CC1(C)C(Nc2cnccc2Cl)C2CCCOC21. The number of halogens is 1. The van der Waals surface area contributed by atoms with Gasteiger partial charge in [0, 0.05) is 30.2 Å². The van der Waals surface area contributed by atoms with Gasteiger partial charge in [-0.3, -0.25) is 4.98 Å². The standard InChI is InChI=1S/C14H19ClN2O/c1-14(2)12(9-4-3-7-18-13(9)14)17-11-8-16-6-5-10(11)15/h5-6,8-9,12-13,17H,3-4,7H2,1-2H3. The lowest BCUT2D eigenvalue weighted by atomic mass is 9.55. The molecule has 0 bridgehead atoms. The molecule has 1 aliphatic heterocycles. The van der Waals surface area contributed by atoms with Gasteiger partial charge < -0.3 is 10.1 Å². The number of aromatic nitrogens is 1. The fraction of sp³-hybridized carbons (Fsp3) is 0.643. The Labute approximate surface area is 113 Å². The van der Waals surface area contributed by atoms with Gasteiger partial charge in [-0.05, 0) is 18.9 Å². The summed E-state index contributed by atoms with van der Waals surface area (Å²) in [6.07, 6.45) is 6.31. The van der Waals surface area contributed by atoms with Crippen LogP contribution in [0.5, 0.6) is 0 Å². The van der Waals surface area contributed by atoms with E-state index in [9.17, 15) is 0 Å². The maximum atomic E-state index is 6.18.